The molecule has 1 aromatic carbocycles. The Hall–Kier alpha value is -1.47. The normalized spacial score (nSPS) is 13.0. The number of hydrogen-bond donors (Lipinski definition) is 1. The Morgan fingerprint density at radius 1 is 1.53 bits per heavy atom. The van der Waals surface area contributed by atoms with Gasteiger partial charge >= 0.3 is 5.97 Å². The predicted molar refractivity (Wildman–Crippen MR) is 71.7 cm³/mol. The van der Waals surface area contributed by atoms with E-state index in [1.165, 1.54) is 26.0 Å². The molecule has 1 rings (SSSR count). The molecule has 0 saturated carbocycles. The highest BCUT2D eigenvalue weighted by molar-refractivity contribution is 7.86. The van der Waals surface area contributed by atoms with Crippen LogP contribution >= 0.6 is 11.6 Å². The third-order valence-electron chi connectivity index (χ3n) is 2.61. The molecule has 1 atom stereocenters. The number of rotatable bonds is 5. The highest BCUT2D eigenvalue weighted by Crippen LogP contribution is 2.27. The number of halogens is 1. The molecule has 8 heteroatoms. The maximum absolute atomic E-state index is 12.0. The molecule has 1 N–H and O–H groups in total. The lowest BCUT2D eigenvalue weighted by atomic mass is 10.2. The van der Waals surface area contributed by atoms with E-state index in [1.54, 1.807) is 0 Å². The summed E-state index contributed by atoms with van der Waals surface area (Å²) < 4.78 is 10.5. The Balaban J connectivity index is 3.10. The molecule has 0 aromatic heterocycles. The molecular formula is C11H12ClNO5S. The van der Waals surface area contributed by atoms with E-state index in [2.05, 4.69) is 0 Å². The van der Waals surface area contributed by atoms with E-state index in [9.17, 15) is 19.1 Å². The maximum atomic E-state index is 12.0. The minimum atomic E-state index is -1.79. The number of nitro benzene ring substituents is 1. The van der Waals surface area contributed by atoms with Gasteiger partial charge in [-0.05, 0) is 26.0 Å². The maximum Gasteiger partial charge on any atom is 0.321 e. The van der Waals surface area contributed by atoms with Crippen LogP contribution in [0, 0.1) is 10.1 Å². The van der Waals surface area contributed by atoms with Crippen molar-refractivity contribution in [3.63, 3.8) is 0 Å². The summed E-state index contributed by atoms with van der Waals surface area (Å²) in [5, 5.41) is 20.0. The Labute approximate surface area is 117 Å². The fourth-order valence-electron chi connectivity index (χ4n) is 1.25. The number of hydrogen-bond acceptors (Lipinski definition) is 4. The Kier molecular flexibility index (Phi) is 4.65. The van der Waals surface area contributed by atoms with E-state index in [0.29, 0.717) is 0 Å². The molecule has 104 valence electrons. The van der Waals surface area contributed by atoms with Crippen LogP contribution < -0.4 is 0 Å². The van der Waals surface area contributed by atoms with Crippen LogP contribution in [0.3, 0.4) is 0 Å². The van der Waals surface area contributed by atoms with Crippen LogP contribution in [0.25, 0.3) is 0 Å². The molecule has 1 unspecified atom stereocenters. The van der Waals surface area contributed by atoms with Crippen molar-refractivity contribution in [2.75, 3.05) is 0 Å². The van der Waals surface area contributed by atoms with Crippen LogP contribution in [0.1, 0.15) is 19.4 Å². The van der Waals surface area contributed by atoms with E-state index < -0.39 is 26.4 Å². The summed E-state index contributed by atoms with van der Waals surface area (Å²) in [4.78, 5) is 21.2. The molecule has 0 bridgehead atoms. The lowest BCUT2D eigenvalue weighted by Gasteiger charge is -2.18. The Bertz CT molecular complexity index is 558. The second kappa shape index (κ2) is 5.66. The van der Waals surface area contributed by atoms with E-state index in [1.807, 2.05) is 0 Å². The molecule has 0 aliphatic rings. The molecule has 19 heavy (non-hydrogen) atoms. The van der Waals surface area contributed by atoms with Crippen molar-refractivity contribution in [2.45, 2.75) is 24.3 Å². The zero-order valence-electron chi connectivity index (χ0n) is 10.3. The van der Waals surface area contributed by atoms with E-state index >= 15 is 0 Å². The third-order valence-corrected chi connectivity index (χ3v) is 4.74. The molecular weight excluding hydrogens is 294 g/mol. The quantitative estimate of drug-likeness (QED) is 0.665. The van der Waals surface area contributed by atoms with Crippen LogP contribution in [0.4, 0.5) is 5.69 Å². The van der Waals surface area contributed by atoms with Gasteiger partial charge in [0.25, 0.3) is 5.69 Å². The molecule has 0 spiro atoms. The zero-order chi connectivity index (χ0) is 14.8. The van der Waals surface area contributed by atoms with Gasteiger partial charge in [-0.3, -0.25) is 19.1 Å². The van der Waals surface area contributed by atoms with Crippen molar-refractivity contribution >= 4 is 34.1 Å². The van der Waals surface area contributed by atoms with Crippen molar-refractivity contribution in [3.8, 4) is 0 Å². The topological polar surface area (TPSA) is 97.5 Å². The van der Waals surface area contributed by atoms with Gasteiger partial charge in [0, 0.05) is 27.5 Å². The van der Waals surface area contributed by atoms with Gasteiger partial charge in [-0.2, -0.15) is 0 Å². The third kappa shape index (κ3) is 3.51. The minimum absolute atomic E-state index is 0.193. The standard InChI is InChI=1S/C11H12ClNO5S/c1-11(2,10(14)15)19(18)6-7-3-4-8(12)5-9(7)13(16)17/h3-5H,6H2,1-2H3,(H,14,15). The first-order valence-electron chi connectivity index (χ1n) is 5.21. The van der Waals surface area contributed by atoms with Crippen molar-refractivity contribution in [3.05, 3.63) is 38.9 Å². The molecule has 0 aliphatic heterocycles. The van der Waals surface area contributed by atoms with E-state index in [0.717, 1.165) is 6.07 Å². The molecule has 0 radical (unpaired) electrons. The number of carboxylic acid groups (broad SMARTS) is 1. The van der Waals surface area contributed by atoms with Gasteiger partial charge in [0.15, 0.2) is 0 Å². The largest absolute Gasteiger partial charge is 0.480 e. The number of nitrogens with zero attached hydrogens (tertiary/aromatic N) is 1. The van der Waals surface area contributed by atoms with Gasteiger partial charge < -0.3 is 5.11 Å². The molecule has 0 fully saturated rings. The summed E-state index contributed by atoms with van der Waals surface area (Å²) in [5.41, 5.74) is -0.0657. The zero-order valence-corrected chi connectivity index (χ0v) is 11.8. The summed E-state index contributed by atoms with van der Waals surface area (Å²) in [6.45, 7) is 2.63. The first-order valence-corrected chi connectivity index (χ1v) is 6.90. The number of nitro groups is 1. The number of carboxylic acids is 1. The summed E-state index contributed by atoms with van der Waals surface area (Å²) in [7, 11) is -1.79. The molecule has 0 amide bonds. The molecule has 0 aliphatic carbocycles. The lowest BCUT2D eigenvalue weighted by Crippen LogP contribution is -2.37. The Morgan fingerprint density at radius 3 is 2.58 bits per heavy atom. The van der Waals surface area contributed by atoms with Gasteiger partial charge in [0.05, 0.1) is 10.7 Å². The van der Waals surface area contributed by atoms with E-state index in [4.69, 9.17) is 16.7 Å². The average Bonchev–Trinajstić information content (AvgIpc) is 2.30. The summed E-state index contributed by atoms with van der Waals surface area (Å²) >= 11 is 5.66. The van der Waals surface area contributed by atoms with Crippen molar-refractivity contribution < 1.29 is 19.0 Å². The number of carbonyl (C=O) groups is 1. The first-order chi connectivity index (χ1) is 8.66. The van der Waals surface area contributed by atoms with Crippen molar-refractivity contribution in [1.29, 1.82) is 0 Å². The number of benzene rings is 1. The van der Waals surface area contributed by atoms with Gasteiger partial charge in [-0.25, -0.2) is 0 Å². The van der Waals surface area contributed by atoms with Crippen LogP contribution in [-0.2, 0) is 21.3 Å². The van der Waals surface area contributed by atoms with Crippen LogP contribution in [0.15, 0.2) is 18.2 Å². The molecule has 0 heterocycles. The van der Waals surface area contributed by atoms with Gasteiger partial charge in [0.1, 0.15) is 4.75 Å². The van der Waals surface area contributed by atoms with Gasteiger partial charge in [-0.1, -0.05) is 11.6 Å². The SMILES string of the molecule is CC(C)(C(=O)O)S(=O)Cc1ccc(Cl)cc1[N+](=O)[O-]. The fourth-order valence-corrected chi connectivity index (χ4v) is 2.50. The smallest absolute Gasteiger partial charge is 0.321 e. The first kappa shape index (κ1) is 15.6. The van der Waals surface area contributed by atoms with Crippen LogP contribution in [0.5, 0.6) is 0 Å². The Morgan fingerprint density at radius 2 is 2.11 bits per heavy atom. The molecule has 1 aromatic rings. The van der Waals surface area contributed by atoms with Gasteiger partial charge in [0.2, 0.25) is 0 Å². The molecule has 6 nitrogen and oxygen atoms in total. The highest BCUT2D eigenvalue weighted by Gasteiger charge is 2.35. The van der Waals surface area contributed by atoms with Crippen molar-refractivity contribution in [2.24, 2.45) is 0 Å². The highest BCUT2D eigenvalue weighted by atomic mass is 35.5. The van der Waals surface area contributed by atoms with Crippen LogP contribution in [0.2, 0.25) is 5.02 Å². The summed E-state index contributed by atoms with van der Waals surface area (Å²) in [6, 6.07) is 3.98. The lowest BCUT2D eigenvalue weighted by molar-refractivity contribution is -0.385. The van der Waals surface area contributed by atoms with Crippen LogP contribution in [-0.4, -0.2) is 25.0 Å². The second-order valence-corrected chi connectivity index (χ2v) is 6.77. The van der Waals surface area contributed by atoms with Crippen molar-refractivity contribution in [1.82, 2.24) is 0 Å². The monoisotopic (exact) mass is 305 g/mol. The molecule has 0 saturated heterocycles. The summed E-state index contributed by atoms with van der Waals surface area (Å²) in [6.07, 6.45) is 0. The number of aliphatic carboxylic acids is 1. The average molecular weight is 306 g/mol. The summed E-state index contributed by atoms with van der Waals surface area (Å²) in [5.74, 6) is -1.44. The van der Waals surface area contributed by atoms with Gasteiger partial charge in [-0.15, -0.1) is 0 Å². The minimum Gasteiger partial charge on any atom is -0.480 e. The predicted octanol–water partition coefficient (Wildman–Crippen LogP) is 2.36. The second-order valence-electron chi connectivity index (χ2n) is 4.34. The fraction of sp³-hybridized carbons (Fsp3) is 0.364. The van der Waals surface area contributed by atoms with E-state index in [-0.39, 0.29) is 22.0 Å².